The van der Waals surface area contributed by atoms with E-state index in [9.17, 15) is 19.3 Å². The van der Waals surface area contributed by atoms with Gasteiger partial charge in [0.2, 0.25) is 0 Å². The van der Waals surface area contributed by atoms with E-state index in [2.05, 4.69) is 4.90 Å². The van der Waals surface area contributed by atoms with Crippen LogP contribution in [0.4, 0.5) is 10.1 Å². The molecular weight excluding hydrogens is 373 g/mol. The van der Waals surface area contributed by atoms with Crippen molar-refractivity contribution in [3.8, 4) is 0 Å². The van der Waals surface area contributed by atoms with Gasteiger partial charge in [0.25, 0.3) is 11.6 Å². The first-order chi connectivity index (χ1) is 13.0. The highest BCUT2D eigenvalue weighted by Gasteiger charge is 2.26. The van der Waals surface area contributed by atoms with Crippen molar-refractivity contribution in [3.63, 3.8) is 0 Å². The molecule has 2 aromatic carbocycles. The first-order valence-corrected chi connectivity index (χ1v) is 9.02. The molecule has 8 heteroatoms. The van der Waals surface area contributed by atoms with Crippen LogP contribution in [0.5, 0.6) is 0 Å². The largest absolute Gasteiger partial charge is 0.337 e. The fraction of sp³-hybridized carbons (Fsp3) is 0.316. The molecule has 0 spiro atoms. The van der Waals surface area contributed by atoms with E-state index in [0.717, 1.165) is 6.54 Å². The number of benzene rings is 2. The van der Waals surface area contributed by atoms with Crippen molar-refractivity contribution in [2.24, 2.45) is 0 Å². The Balaban J connectivity index is 1.70. The van der Waals surface area contributed by atoms with Gasteiger partial charge in [0.1, 0.15) is 11.4 Å². The van der Waals surface area contributed by atoms with Crippen molar-refractivity contribution >= 4 is 23.2 Å². The molecule has 0 aromatic heterocycles. The molecule has 1 aliphatic heterocycles. The zero-order valence-electron chi connectivity index (χ0n) is 14.6. The van der Waals surface area contributed by atoms with Crippen LogP contribution in [0, 0.1) is 15.9 Å². The van der Waals surface area contributed by atoms with Gasteiger partial charge in [-0.3, -0.25) is 19.8 Å². The Morgan fingerprint density at radius 3 is 2.67 bits per heavy atom. The van der Waals surface area contributed by atoms with E-state index in [1.807, 2.05) is 0 Å². The Bertz CT molecular complexity index is 862. The second-order valence-corrected chi connectivity index (χ2v) is 6.87. The summed E-state index contributed by atoms with van der Waals surface area (Å²) in [6.07, 6.45) is 0.710. The maximum absolute atomic E-state index is 13.9. The van der Waals surface area contributed by atoms with Crippen LogP contribution in [0.25, 0.3) is 0 Å². The fourth-order valence-corrected chi connectivity index (χ4v) is 3.37. The Morgan fingerprint density at radius 1 is 1.15 bits per heavy atom. The molecule has 0 unspecified atom stereocenters. The van der Waals surface area contributed by atoms with Crippen LogP contribution in [0.3, 0.4) is 0 Å². The molecule has 1 saturated heterocycles. The maximum atomic E-state index is 13.9. The number of amides is 1. The molecule has 1 amide bonds. The standard InChI is InChI=1S/C19H19ClFN3O3/c20-15-6-7-16(18(12-15)24(26)27)19(25)23-9-3-8-22(10-11-23)13-14-4-1-2-5-17(14)21/h1-2,4-7,12H,3,8-11,13H2. The fourth-order valence-electron chi connectivity index (χ4n) is 3.21. The summed E-state index contributed by atoms with van der Waals surface area (Å²) in [4.78, 5) is 27.2. The van der Waals surface area contributed by atoms with Gasteiger partial charge in [0.05, 0.1) is 4.92 Å². The van der Waals surface area contributed by atoms with Crippen LogP contribution in [-0.4, -0.2) is 46.8 Å². The van der Waals surface area contributed by atoms with Gasteiger partial charge in [-0.05, 0) is 24.6 Å². The van der Waals surface area contributed by atoms with Crippen LogP contribution >= 0.6 is 11.6 Å². The Kier molecular flexibility index (Phi) is 6.03. The lowest BCUT2D eigenvalue weighted by atomic mass is 10.1. The molecule has 1 fully saturated rings. The number of carbonyl (C=O) groups is 1. The van der Waals surface area contributed by atoms with Crippen molar-refractivity contribution < 1.29 is 14.1 Å². The van der Waals surface area contributed by atoms with E-state index in [4.69, 9.17) is 11.6 Å². The van der Waals surface area contributed by atoms with Gasteiger partial charge in [-0.2, -0.15) is 0 Å². The molecule has 1 heterocycles. The predicted octanol–water partition coefficient (Wildman–Crippen LogP) is 3.74. The minimum absolute atomic E-state index is 0.0342. The lowest BCUT2D eigenvalue weighted by Crippen LogP contribution is -2.35. The molecule has 0 saturated carbocycles. The summed E-state index contributed by atoms with van der Waals surface area (Å²) in [7, 11) is 0. The molecule has 1 aliphatic rings. The van der Waals surface area contributed by atoms with Crippen molar-refractivity contribution in [1.82, 2.24) is 9.80 Å². The summed E-state index contributed by atoms with van der Waals surface area (Å²) in [5.41, 5.74) is 0.359. The molecule has 0 atom stereocenters. The first kappa shape index (κ1) is 19.3. The summed E-state index contributed by atoms with van der Waals surface area (Å²) in [6.45, 7) is 2.68. The van der Waals surface area contributed by atoms with Crippen LogP contribution < -0.4 is 0 Å². The molecule has 2 aromatic rings. The zero-order valence-corrected chi connectivity index (χ0v) is 15.4. The highest BCUT2D eigenvalue weighted by molar-refractivity contribution is 6.31. The highest BCUT2D eigenvalue weighted by atomic mass is 35.5. The normalized spacial score (nSPS) is 15.4. The van der Waals surface area contributed by atoms with E-state index in [1.54, 1.807) is 23.1 Å². The highest BCUT2D eigenvalue weighted by Crippen LogP contribution is 2.25. The minimum Gasteiger partial charge on any atom is -0.337 e. The quantitative estimate of drug-likeness (QED) is 0.588. The summed E-state index contributed by atoms with van der Waals surface area (Å²) in [5, 5.41) is 11.5. The second kappa shape index (κ2) is 8.45. The van der Waals surface area contributed by atoms with Crippen LogP contribution in [0.15, 0.2) is 42.5 Å². The lowest BCUT2D eigenvalue weighted by molar-refractivity contribution is -0.385. The van der Waals surface area contributed by atoms with Crippen LogP contribution in [-0.2, 0) is 6.54 Å². The second-order valence-electron chi connectivity index (χ2n) is 6.43. The van der Waals surface area contributed by atoms with Crippen LogP contribution in [0.1, 0.15) is 22.3 Å². The van der Waals surface area contributed by atoms with Gasteiger partial charge in [-0.25, -0.2) is 4.39 Å². The molecule has 6 nitrogen and oxygen atoms in total. The molecule has 0 radical (unpaired) electrons. The number of nitro groups is 1. The third kappa shape index (κ3) is 4.61. The maximum Gasteiger partial charge on any atom is 0.283 e. The minimum atomic E-state index is -0.596. The number of nitrogens with zero attached hydrogens (tertiary/aromatic N) is 3. The molecule has 0 aliphatic carbocycles. The van der Waals surface area contributed by atoms with Gasteiger partial charge in [-0.15, -0.1) is 0 Å². The van der Waals surface area contributed by atoms with Crippen molar-refractivity contribution in [2.45, 2.75) is 13.0 Å². The molecule has 142 valence electrons. The average Bonchev–Trinajstić information content (AvgIpc) is 2.88. The van der Waals surface area contributed by atoms with Crippen molar-refractivity contribution in [3.05, 3.63) is 74.5 Å². The Hall–Kier alpha value is -2.51. The smallest absolute Gasteiger partial charge is 0.283 e. The topological polar surface area (TPSA) is 66.7 Å². The van der Waals surface area contributed by atoms with Crippen molar-refractivity contribution in [1.29, 1.82) is 0 Å². The molecule has 3 rings (SSSR count). The monoisotopic (exact) mass is 391 g/mol. The molecule has 0 bridgehead atoms. The van der Waals surface area contributed by atoms with E-state index in [1.165, 1.54) is 24.3 Å². The van der Waals surface area contributed by atoms with Crippen LogP contribution in [0.2, 0.25) is 5.02 Å². The van der Waals surface area contributed by atoms with Gasteiger partial charge < -0.3 is 4.90 Å². The summed E-state index contributed by atoms with van der Waals surface area (Å²) < 4.78 is 13.9. The first-order valence-electron chi connectivity index (χ1n) is 8.64. The van der Waals surface area contributed by atoms with E-state index >= 15 is 0 Å². The number of hydrogen-bond donors (Lipinski definition) is 0. The summed E-state index contributed by atoms with van der Waals surface area (Å²) in [6, 6.07) is 10.7. The molecule has 27 heavy (non-hydrogen) atoms. The number of hydrogen-bond acceptors (Lipinski definition) is 4. The summed E-state index contributed by atoms with van der Waals surface area (Å²) in [5.74, 6) is -0.627. The van der Waals surface area contributed by atoms with Gasteiger partial charge in [0.15, 0.2) is 0 Å². The Morgan fingerprint density at radius 2 is 1.93 bits per heavy atom. The third-order valence-electron chi connectivity index (χ3n) is 4.61. The number of carbonyl (C=O) groups excluding carboxylic acids is 1. The third-order valence-corrected chi connectivity index (χ3v) is 4.85. The van der Waals surface area contributed by atoms with E-state index < -0.39 is 4.92 Å². The van der Waals surface area contributed by atoms with Gasteiger partial charge in [0, 0.05) is 49.4 Å². The molecule has 0 N–H and O–H groups in total. The Labute approximate surface area is 161 Å². The SMILES string of the molecule is O=C(c1ccc(Cl)cc1[N+](=O)[O-])N1CCCN(Cc2ccccc2F)CC1. The van der Waals surface area contributed by atoms with Gasteiger partial charge in [-0.1, -0.05) is 29.8 Å². The van der Waals surface area contributed by atoms with Crippen molar-refractivity contribution in [2.75, 3.05) is 26.2 Å². The lowest BCUT2D eigenvalue weighted by Gasteiger charge is -2.22. The number of halogens is 2. The van der Waals surface area contributed by atoms with E-state index in [0.29, 0.717) is 38.2 Å². The number of rotatable bonds is 4. The predicted molar refractivity (Wildman–Crippen MR) is 100 cm³/mol. The zero-order chi connectivity index (χ0) is 19.4. The van der Waals surface area contributed by atoms with Gasteiger partial charge >= 0.3 is 0 Å². The van der Waals surface area contributed by atoms with E-state index in [-0.39, 0.29) is 28.0 Å². The molecular formula is C19H19ClFN3O3. The number of nitro benzene ring substituents is 1. The average molecular weight is 392 g/mol. The summed E-state index contributed by atoms with van der Waals surface area (Å²) >= 11 is 5.82.